The molecular formula is C30H27F6N3O4. The summed E-state index contributed by atoms with van der Waals surface area (Å²) in [6.07, 6.45) is -6.00. The molecule has 0 fully saturated rings. The van der Waals surface area contributed by atoms with Crippen LogP contribution in [0.1, 0.15) is 24.1 Å². The van der Waals surface area contributed by atoms with E-state index in [1.54, 1.807) is 42.5 Å². The number of amides is 3. The lowest BCUT2D eigenvalue weighted by atomic mass is 9.94. The summed E-state index contributed by atoms with van der Waals surface area (Å²) in [5, 5.41) is 3.32. The number of benzene rings is 3. The molecule has 1 aliphatic heterocycles. The van der Waals surface area contributed by atoms with Crippen molar-refractivity contribution in [2.75, 3.05) is 24.6 Å². The van der Waals surface area contributed by atoms with E-state index in [9.17, 15) is 36.3 Å². The van der Waals surface area contributed by atoms with Gasteiger partial charge in [0.2, 0.25) is 0 Å². The molecule has 0 aromatic heterocycles. The van der Waals surface area contributed by atoms with Gasteiger partial charge in [0, 0.05) is 12.1 Å². The minimum Gasteiger partial charge on any atom is -0.375 e. The molecule has 228 valence electrons. The summed E-state index contributed by atoms with van der Waals surface area (Å²) in [5.41, 5.74) is -0.868. The molecule has 0 saturated carbocycles. The minimum absolute atomic E-state index is 0.0168. The number of para-hydroxylation sites is 1. The van der Waals surface area contributed by atoms with Crippen molar-refractivity contribution in [1.29, 1.82) is 0 Å². The van der Waals surface area contributed by atoms with Crippen LogP contribution in [0.25, 0.3) is 11.1 Å². The third kappa shape index (κ3) is 6.82. The number of carbonyl (C=O) groups excluding carboxylic acids is 3. The van der Waals surface area contributed by atoms with Crippen molar-refractivity contribution in [3.05, 3.63) is 90.0 Å². The highest BCUT2D eigenvalue weighted by Crippen LogP contribution is 2.40. The Kier molecular flexibility index (Phi) is 9.14. The number of fused-ring (bicyclic) bond motifs is 3. The highest BCUT2D eigenvalue weighted by molar-refractivity contribution is 6.11. The number of anilines is 1. The zero-order valence-electron chi connectivity index (χ0n) is 22.8. The quantitative estimate of drug-likeness (QED) is 0.191. The topological polar surface area (TPSA) is 87.7 Å². The molecule has 3 aromatic rings. The summed E-state index contributed by atoms with van der Waals surface area (Å²) in [6, 6.07) is 21.0. The summed E-state index contributed by atoms with van der Waals surface area (Å²) in [4.78, 5) is 40.6. The maximum Gasteiger partial charge on any atom is 0.455 e. The summed E-state index contributed by atoms with van der Waals surface area (Å²) in [5.74, 6) is -9.81. The Bertz CT molecular complexity index is 1480. The number of hydrogen-bond donors (Lipinski definition) is 2. The van der Waals surface area contributed by atoms with Gasteiger partial charge in [-0.25, -0.2) is 4.39 Å². The number of carbonyl (C=O) groups is 3. The van der Waals surface area contributed by atoms with Crippen molar-refractivity contribution in [2.45, 2.75) is 37.3 Å². The van der Waals surface area contributed by atoms with Crippen molar-refractivity contribution >= 4 is 23.4 Å². The first-order valence-electron chi connectivity index (χ1n) is 13.1. The zero-order chi connectivity index (χ0) is 31.4. The second-order valence-electron chi connectivity index (χ2n) is 9.93. The fraction of sp³-hybridized carbons (Fsp3) is 0.300. The van der Waals surface area contributed by atoms with Gasteiger partial charge in [0.1, 0.15) is 6.04 Å². The molecule has 0 aliphatic carbocycles. The molecule has 2 N–H and O–H groups in total. The largest absolute Gasteiger partial charge is 0.455 e. The van der Waals surface area contributed by atoms with Crippen LogP contribution >= 0.6 is 0 Å². The number of nitrogens with one attached hydrogen (secondary N) is 2. The van der Waals surface area contributed by atoms with E-state index in [2.05, 4.69) is 5.32 Å². The van der Waals surface area contributed by atoms with Crippen LogP contribution in [0.3, 0.4) is 0 Å². The van der Waals surface area contributed by atoms with E-state index in [0.29, 0.717) is 23.7 Å². The molecule has 0 saturated heterocycles. The van der Waals surface area contributed by atoms with Gasteiger partial charge >= 0.3 is 12.1 Å². The normalized spacial score (nSPS) is 16.4. The minimum atomic E-state index is -6.00. The molecule has 3 amide bonds. The van der Waals surface area contributed by atoms with E-state index in [0.717, 1.165) is 10.9 Å². The zero-order valence-corrected chi connectivity index (χ0v) is 22.8. The average molecular weight is 608 g/mol. The fourth-order valence-electron chi connectivity index (χ4n) is 4.46. The van der Waals surface area contributed by atoms with E-state index >= 15 is 4.39 Å². The predicted molar refractivity (Wildman–Crippen MR) is 145 cm³/mol. The van der Waals surface area contributed by atoms with E-state index in [-0.39, 0.29) is 25.3 Å². The molecule has 1 unspecified atom stereocenters. The number of ether oxygens (including phenoxy) is 1. The van der Waals surface area contributed by atoms with Gasteiger partial charge in [-0.3, -0.25) is 14.4 Å². The monoisotopic (exact) mass is 607 g/mol. The Morgan fingerprint density at radius 2 is 1.44 bits per heavy atom. The van der Waals surface area contributed by atoms with E-state index < -0.39 is 48.1 Å². The maximum atomic E-state index is 15.4. The molecule has 13 heteroatoms. The van der Waals surface area contributed by atoms with E-state index in [1.807, 2.05) is 30.3 Å². The third-order valence-corrected chi connectivity index (χ3v) is 6.85. The van der Waals surface area contributed by atoms with Crippen molar-refractivity contribution in [2.24, 2.45) is 0 Å². The van der Waals surface area contributed by atoms with Crippen molar-refractivity contribution in [1.82, 2.24) is 10.6 Å². The van der Waals surface area contributed by atoms with Gasteiger partial charge in [-0.2, -0.15) is 22.0 Å². The van der Waals surface area contributed by atoms with Gasteiger partial charge in [0.25, 0.3) is 23.4 Å². The van der Waals surface area contributed by atoms with Crippen LogP contribution in [0, 0.1) is 0 Å². The van der Waals surface area contributed by atoms with Crippen LogP contribution in [-0.4, -0.2) is 55.2 Å². The second-order valence-corrected chi connectivity index (χ2v) is 9.93. The molecule has 0 spiro atoms. The molecule has 43 heavy (non-hydrogen) atoms. The van der Waals surface area contributed by atoms with Crippen LogP contribution in [0.5, 0.6) is 0 Å². The summed E-state index contributed by atoms with van der Waals surface area (Å²) >= 11 is 0. The molecule has 4 rings (SSSR count). The molecule has 0 radical (unpaired) electrons. The number of rotatable bonds is 10. The van der Waals surface area contributed by atoms with Gasteiger partial charge in [-0.05, 0) is 29.7 Å². The van der Waals surface area contributed by atoms with Crippen LogP contribution < -0.4 is 15.5 Å². The number of halogens is 6. The highest BCUT2D eigenvalue weighted by Gasteiger charge is 2.58. The first-order valence-corrected chi connectivity index (χ1v) is 13.1. The maximum absolute atomic E-state index is 15.4. The lowest BCUT2D eigenvalue weighted by Gasteiger charge is -2.28. The molecule has 0 bridgehead atoms. The Morgan fingerprint density at radius 3 is 2.12 bits per heavy atom. The fourth-order valence-corrected chi connectivity index (χ4v) is 4.46. The Labute approximate surface area is 242 Å². The van der Waals surface area contributed by atoms with Crippen LogP contribution in [-0.2, 0) is 25.7 Å². The van der Waals surface area contributed by atoms with Gasteiger partial charge in [0.15, 0.2) is 0 Å². The Balaban J connectivity index is 1.58. The molecule has 7 nitrogen and oxygen atoms in total. The Hall–Kier alpha value is -4.39. The number of hydrogen-bond acceptors (Lipinski definition) is 4. The third-order valence-electron chi connectivity index (χ3n) is 6.85. The average Bonchev–Trinajstić information content (AvgIpc) is 3.07. The summed E-state index contributed by atoms with van der Waals surface area (Å²) in [7, 11) is 0. The number of alkyl halides is 6. The Morgan fingerprint density at radius 1 is 0.837 bits per heavy atom. The van der Waals surface area contributed by atoms with Gasteiger partial charge in [0.05, 0.1) is 25.4 Å². The lowest BCUT2D eigenvalue weighted by Crippen LogP contribution is -2.57. The standard InChI is InChI=1S/C30H27F6N3O4/c1-28(31,26(41)37-18-29(32,33)30(34,35)36)27(42)38-24-22-13-6-5-11-20(22)21-12-7-8-14-23(21)39(25(24)40)15-16-43-17-19-9-3-2-4-10-19/h2-14,24H,15-18H2,1H3,(H,37,41)(H,38,42)/t24?,28-/m0/s1. The van der Waals surface area contributed by atoms with Crippen LogP contribution in [0.2, 0.25) is 0 Å². The van der Waals surface area contributed by atoms with Gasteiger partial charge < -0.3 is 20.3 Å². The van der Waals surface area contributed by atoms with Crippen molar-refractivity contribution < 1.29 is 45.5 Å². The molecule has 2 atom stereocenters. The molecule has 1 heterocycles. The van der Waals surface area contributed by atoms with Gasteiger partial charge in [-0.15, -0.1) is 0 Å². The predicted octanol–water partition coefficient (Wildman–Crippen LogP) is 5.12. The SMILES string of the molecule is C[C@](F)(C(=O)NCC(F)(F)C(F)(F)F)C(=O)NC1C(=O)N(CCOCc2ccccc2)c2ccccc2-c2ccccc21. The lowest BCUT2D eigenvalue weighted by molar-refractivity contribution is -0.278. The van der Waals surface area contributed by atoms with Crippen molar-refractivity contribution in [3.63, 3.8) is 0 Å². The van der Waals surface area contributed by atoms with E-state index in [1.165, 1.54) is 11.0 Å². The number of nitrogens with zero attached hydrogens (tertiary/aromatic N) is 1. The van der Waals surface area contributed by atoms with E-state index in [4.69, 9.17) is 4.74 Å². The first kappa shape index (κ1) is 31.5. The molecule has 1 aliphatic rings. The highest BCUT2D eigenvalue weighted by atomic mass is 19.4. The summed E-state index contributed by atoms with van der Waals surface area (Å²) in [6.45, 7) is -1.53. The first-order chi connectivity index (χ1) is 20.2. The van der Waals surface area contributed by atoms with Crippen molar-refractivity contribution in [3.8, 4) is 11.1 Å². The summed E-state index contributed by atoms with van der Waals surface area (Å²) < 4.78 is 85.2. The van der Waals surface area contributed by atoms with Gasteiger partial charge in [-0.1, -0.05) is 72.8 Å². The van der Waals surface area contributed by atoms with Crippen LogP contribution in [0.15, 0.2) is 78.9 Å². The smallest absolute Gasteiger partial charge is 0.375 e. The second kappa shape index (κ2) is 12.5. The van der Waals surface area contributed by atoms with Crippen LogP contribution in [0.4, 0.5) is 32.0 Å². The molecular weight excluding hydrogens is 580 g/mol. The molecule has 3 aromatic carbocycles.